The van der Waals surface area contributed by atoms with Gasteiger partial charge in [0.2, 0.25) is 11.8 Å². The van der Waals surface area contributed by atoms with Gasteiger partial charge in [-0.25, -0.2) is 8.78 Å². The van der Waals surface area contributed by atoms with Crippen molar-refractivity contribution in [3.05, 3.63) is 35.4 Å². The highest BCUT2D eigenvalue weighted by molar-refractivity contribution is 5.88. The first kappa shape index (κ1) is 21.2. The van der Waals surface area contributed by atoms with Gasteiger partial charge in [0.1, 0.15) is 0 Å². The molecule has 2 amide bonds. The quantitative estimate of drug-likeness (QED) is 0.672. The molecule has 0 unspecified atom stereocenters. The molecule has 150 valence electrons. The zero-order valence-electron chi connectivity index (χ0n) is 15.9. The summed E-state index contributed by atoms with van der Waals surface area (Å²) < 4.78 is 27.4. The summed E-state index contributed by atoms with van der Waals surface area (Å²) in [6, 6.07) is 3.29. The van der Waals surface area contributed by atoms with Gasteiger partial charge in [0.15, 0.2) is 11.6 Å². The number of nitrogens with one attached hydrogen (secondary N) is 2. The Hall–Kier alpha value is -2.06. The van der Waals surface area contributed by atoms with E-state index in [0.29, 0.717) is 19.6 Å². The van der Waals surface area contributed by atoms with E-state index in [1.165, 1.54) is 12.1 Å². The van der Waals surface area contributed by atoms with Crippen molar-refractivity contribution in [2.45, 2.75) is 32.9 Å². The topological polar surface area (TPSA) is 64.7 Å². The maximum absolute atomic E-state index is 14.0. The molecule has 1 aliphatic heterocycles. The molecule has 8 heteroatoms. The number of carbonyl (C=O) groups excluding carboxylic acids is 2. The largest absolute Gasteiger partial charge is 0.355 e. The number of hydrogen-bond acceptors (Lipinski definition) is 4. The maximum atomic E-state index is 14.0. The van der Waals surface area contributed by atoms with Crippen molar-refractivity contribution in [2.24, 2.45) is 0 Å². The van der Waals surface area contributed by atoms with Gasteiger partial charge in [-0.3, -0.25) is 14.5 Å². The van der Waals surface area contributed by atoms with Crippen LogP contribution in [-0.2, 0) is 16.1 Å². The van der Waals surface area contributed by atoms with Gasteiger partial charge in [-0.2, -0.15) is 0 Å². The lowest BCUT2D eigenvalue weighted by atomic mass is 10.1. The second-order valence-electron chi connectivity index (χ2n) is 6.57. The van der Waals surface area contributed by atoms with Gasteiger partial charge >= 0.3 is 0 Å². The van der Waals surface area contributed by atoms with Crippen LogP contribution in [0.3, 0.4) is 0 Å². The zero-order valence-corrected chi connectivity index (χ0v) is 15.9. The van der Waals surface area contributed by atoms with E-state index in [1.807, 2.05) is 0 Å². The second-order valence-corrected chi connectivity index (χ2v) is 6.57. The molecule has 1 fully saturated rings. The van der Waals surface area contributed by atoms with Crippen LogP contribution < -0.4 is 10.6 Å². The van der Waals surface area contributed by atoms with E-state index < -0.39 is 17.7 Å². The molecule has 1 saturated heterocycles. The normalized spacial score (nSPS) is 17.8. The van der Waals surface area contributed by atoms with E-state index >= 15 is 0 Å². The van der Waals surface area contributed by atoms with Crippen LogP contribution in [0, 0.1) is 11.6 Å². The maximum Gasteiger partial charge on any atom is 0.237 e. The highest BCUT2D eigenvalue weighted by Crippen LogP contribution is 2.18. The molecular weight excluding hydrogens is 354 g/mol. The Balaban J connectivity index is 1.96. The molecule has 1 heterocycles. The first-order chi connectivity index (χ1) is 13.0. The molecule has 0 saturated carbocycles. The number of piperazine rings is 1. The molecule has 6 nitrogen and oxygen atoms in total. The molecule has 0 aromatic heterocycles. The molecule has 0 aliphatic carbocycles. The first-order valence-corrected chi connectivity index (χ1v) is 9.39. The molecule has 2 rings (SSSR count). The molecule has 27 heavy (non-hydrogen) atoms. The van der Waals surface area contributed by atoms with Crippen LogP contribution in [0.25, 0.3) is 0 Å². The Kier molecular flexibility index (Phi) is 8.12. The number of rotatable bonds is 9. The van der Waals surface area contributed by atoms with E-state index in [-0.39, 0.29) is 30.3 Å². The fraction of sp³-hybridized carbons (Fsp3) is 0.579. The predicted molar refractivity (Wildman–Crippen MR) is 99.0 cm³/mol. The number of nitrogens with zero attached hydrogens (tertiary/aromatic N) is 2. The Morgan fingerprint density at radius 2 is 2.07 bits per heavy atom. The fourth-order valence-electron chi connectivity index (χ4n) is 3.20. The van der Waals surface area contributed by atoms with Crippen LogP contribution >= 0.6 is 0 Å². The molecule has 1 aromatic rings. The summed E-state index contributed by atoms with van der Waals surface area (Å²) in [5.74, 6) is -2.32. The minimum atomic E-state index is -0.917. The summed E-state index contributed by atoms with van der Waals surface area (Å²) in [7, 11) is 0. The predicted octanol–water partition coefficient (Wildman–Crippen LogP) is 1.11. The van der Waals surface area contributed by atoms with Crippen LogP contribution in [0.4, 0.5) is 8.78 Å². The number of carbonyl (C=O) groups is 2. The monoisotopic (exact) mass is 382 g/mol. The third-order valence-corrected chi connectivity index (χ3v) is 4.87. The van der Waals surface area contributed by atoms with E-state index in [1.54, 1.807) is 4.90 Å². The van der Waals surface area contributed by atoms with E-state index in [2.05, 4.69) is 29.4 Å². The van der Waals surface area contributed by atoms with Gasteiger partial charge in [-0.05, 0) is 19.2 Å². The number of benzene rings is 1. The smallest absolute Gasteiger partial charge is 0.237 e. The number of likely N-dealkylation sites (N-methyl/N-ethyl adjacent to an activating group) is 1. The van der Waals surface area contributed by atoms with Crippen LogP contribution in [0.1, 0.15) is 25.8 Å². The van der Waals surface area contributed by atoms with Gasteiger partial charge in [-0.1, -0.05) is 26.0 Å². The van der Waals surface area contributed by atoms with Gasteiger partial charge in [0.25, 0.3) is 0 Å². The second kappa shape index (κ2) is 10.3. The van der Waals surface area contributed by atoms with Crippen molar-refractivity contribution in [2.75, 3.05) is 39.3 Å². The summed E-state index contributed by atoms with van der Waals surface area (Å²) in [5.41, 5.74) is 0.177. The number of halogens is 2. The van der Waals surface area contributed by atoms with Crippen LogP contribution in [0.2, 0.25) is 0 Å². The fourth-order valence-corrected chi connectivity index (χ4v) is 3.20. The molecule has 0 bridgehead atoms. The average molecular weight is 382 g/mol. The standard InChI is InChI=1S/C19H28F2N4O2/c1-3-24(4-2)10-8-22-17(26)12-16-19(27)23-9-11-25(16)13-14-6-5-7-15(20)18(14)21/h5-7,16H,3-4,8-13H2,1-2H3,(H,22,26)(H,23,27)/t16-/m1/s1. The molecule has 1 atom stereocenters. The lowest BCUT2D eigenvalue weighted by molar-refractivity contribution is -0.134. The Morgan fingerprint density at radius 3 is 2.78 bits per heavy atom. The van der Waals surface area contributed by atoms with Crippen molar-refractivity contribution >= 4 is 11.8 Å². The van der Waals surface area contributed by atoms with Gasteiger partial charge < -0.3 is 15.5 Å². The highest BCUT2D eigenvalue weighted by Gasteiger charge is 2.32. The summed E-state index contributed by atoms with van der Waals surface area (Å²) in [5, 5.41) is 5.57. The molecule has 2 N–H and O–H groups in total. The van der Waals surface area contributed by atoms with Crippen molar-refractivity contribution in [1.82, 2.24) is 20.4 Å². The molecular formula is C19H28F2N4O2. The van der Waals surface area contributed by atoms with Gasteiger partial charge in [0, 0.05) is 38.3 Å². The van der Waals surface area contributed by atoms with Crippen LogP contribution in [0.15, 0.2) is 18.2 Å². The SMILES string of the molecule is CCN(CC)CCNC(=O)C[C@@H]1C(=O)NCCN1Cc1cccc(F)c1F. The third-order valence-electron chi connectivity index (χ3n) is 4.87. The summed E-state index contributed by atoms with van der Waals surface area (Å²) >= 11 is 0. The minimum absolute atomic E-state index is 0.0129. The Bertz CT molecular complexity index is 653. The molecule has 1 aromatic carbocycles. The molecule has 0 radical (unpaired) electrons. The van der Waals surface area contributed by atoms with Crippen molar-refractivity contribution in [3.8, 4) is 0 Å². The van der Waals surface area contributed by atoms with Crippen LogP contribution in [-0.4, -0.2) is 66.9 Å². The van der Waals surface area contributed by atoms with Crippen LogP contribution in [0.5, 0.6) is 0 Å². The number of amides is 2. The lowest BCUT2D eigenvalue weighted by Crippen LogP contribution is -2.56. The molecule has 0 spiro atoms. The van der Waals surface area contributed by atoms with Crippen molar-refractivity contribution in [1.29, 1.82) is 0 Å². The summed E-state index contributed by atoms with van der Waals surface area (Å²) in [4.78, 5) is 28.4. The lowest BCUT2D eigenvalue weighted by Gasteiger charge is -2.34. The number of hydrogen-bond donors (Lipinski definition) is 2. The van der Waals surface area contributed by atoms with E-state index in [9.17, 15) is 18.4 Å². The highest BCUT2D eigenvalue weighted by atomic mass is 19.2. The van der Waals surface area contributed by atoms with Gasteiger partial charge in [-0.15, -0.1) is 0 Å². The minimum Gasteiger partial charge on any atom is -0.355 e. The zero-order chi connectivity index (χ0) is 19.8. The summed E-state index contributed by atoms with van der Waals surface area (Å²) in [6.45, 7) is 8.14. The van der Waals surface area contributed by atoms with Gasteiger partial charge in [0.05, 0.1) is 12.5 Å². The van der Waals surface area contributed by atoms with Crippen molar-refractivity contribution in [3.63, 3.8) is 0 Å². The van der Waals surface area contributed by atoms with E-state index in [4.69, 9.17) is 0 Å². The Morgan fingerprint density at radius 1 is 1.33 bits per heavy atom. The van der Waals surface area contributed by atoms with Crippen molar-refractivity contribution < 1.29 is 18.4 Å². The third kappa shape index (κ3) is 5.97. The first-order valence-electron chi connectivity index (χ1n) is 9.39. The van der Waals surface area contributed by atoms with E-state index in [0.717, 1.165) is 25.7 Å². The summed E-state index contributed by atoms with van der Waals surface area (Å²) in [6.07, 6.45) is -0.0129. The Labute approximate surface area is 158 Å². The average Bonchev–Trinajstić information content (AvgIpc) is 2.65. The molecule has 1 aliphatic rings.